The Hall–Kier alpha value is -0.860. The molecule has 2 heterocycles. The largest absolute Gasteiger partial charge is 0.357 e. The maximum atomic E-state index is 11.5. The minimum absolute atomic E-state index is 0.412. The Morgan fingerprint density at radius 1 is 1.19 bits per heavy atom. The summed E-state index contributed by atoms with van der Waals surface area (Å²) >= 11 is 0. The molecule has 0 aromatic carbocycles. The van der Waals surface area contributed by atoms with Crippen molar-refractivity contribution in [2.45, 2.75) is 52.0 Å². The molecule has 1 atom stereocenters. The first-order chi connectivity index (χ1) is 12.2. The fourth-order valence-corrected chi connectivity index (χ4v) is 4.98. The normalized spacial score (nSPS) is 23.5. The molecule has 0 amide bonds. The predicted molar refractivity (Wildman–Crippen MR) is 108 cm³/mol. The van der Waals surface area contributed by atoms with Gasteiger partial charge in [-0.2, -0.15) is 0 Å². The van der Waals surface area contributed by atoms with E-state index in [9.17, 15) is 8.42 Å². The number of piperidine rings is 1. The van der Waals surface area contributed by atoms with Gasteiger partial charge in [-0.15, -0.1) is 0 Å². The first-order valence-corrected chi connectivity index (χ1v) is 11.8. The summed E-state index contributed by atoms with van der Waals surface area (Å²) in [6.45, 7) is 12.8. The second kappa shape index (κ2) is 9.37. The molecule has 0 spiro atoms. The Kier molecular flexibility index (Phi) is 7.73. The van der Waals surface area contributed by atoms with Crippen LogP contribution in [0.25, 0.3) is 0 Å². The highest BCUT2D eigenvalue weighted by molar-refractivity contribution is 7.88. The first kappa shape index (κ1) is 21.4. The highest BCUT2D eigenvalue weighted by Crippen LogP contribution is 2.20. The molecule has 7 nitrogen and oxygen atoms in total. The van der Waals surface area contributed by atoms with Crippen LogP contribution in [0.2, 0.25) is 0 Å². The fraction of sp³-hybridized carbons (Fsp3) is 0.944. The Balaban J connectivity index is 1.91. The molecular formula is C18H37N5O2S. The van der Waals surface area contributed by atoms with Crippen molar-refractivity contribution in [2.75, 3.05) is 52.1 Å². The van der Waals surface area contributed by atoms with Crippen LogP contribution in [0.5, 0.6) is 0 Å². The number of sulfonamides is 1. The highest BCUT2D eigenvalue weighted by Gasteiger charge is 2.28. The predicted octanol–water partition coefficient (Wildman–Crippen LogP) is 1.09. The second-order valence-electron chi connectivity index (χ2n) is 8.39. The van der Waals surface area contributed by atoms with E-state index in [1.807, 2.05) is 13.8 Å². The van der Waals surface area contributed by atoms with Crippen LogP contribution in [-0.4, -0.2) is 81.8 Å². The number of guanidine groups is 1. The van der Waals surface area contributed by atoms with Gasteiger partial charge in [0, 0.05) is 31.7 Å². The minimum Gasteiger partial charge on any atom is -0.357 e. The summed E-state index contributed by atoms with van der Waals surface area (Å²) in [5, 5.41) is 3.37. The van der Waals surface area contributed by atoms with Crippen molar-refractivity contribution in [1.29, 1.82) is 0 Å². The maximum Gasteiger partial charge on any atom is 0.209 e. The van der Waals surface area contributed by atoms with Crippen LogP contribution in [0, 0.1) is 5.92 Å². The molecule has 152 valence electrons. The molecular weight excluding hydrogens is 350 g/mol. The van der Waals surface area contributed by atoms with Gasteiger partial charge in [0.25, 0.3) is 0 Å². The molecule has 0 aromatic rings. The SMILES string of the molecule is CCNC(=NCC(C)(C)NS(C)(=O)=O)N1CCC(CN2CCCCC2)C1. The number of hydrogen-bond acceptors (Lipinski definition) is 4. The Morgan fingerprint density at radius 2 is 1.88 bits per heavy atom. The molecule has 2 saturated heterocycles. The van der Waals surface area contributed by atoms with Crippen LogP contribution in [0.4, 0.5) is 0 Å². The van der Waals surface area contributed by atoms with Crippen molar-refractivity contribution in [2.24, 2.45) is 10.9 Å². The van der Waals surface area contributed by atoms with E-state index in [0.29, 0.717) is 12.5 Å². The lowest BCUT2D eigenvalue weighted by molar-refractivity contribution is 0.198. The Bertz CT molecular complexity index is 570. The lowest BCUT2D eigenvalue weighted by Gasteiger charge is -2.29. The van der Waals surface area contributed by atoms with E-state index in [1.54, 1.807) is 0 Å². The standard InChI is InChI=1S/C18H37N5O2S/c1-5-19-17(20-15-18(2,3)21-26(4,24)25)23-12-9-16(14-23)13-22-10-7-6-8-11-22/h16,21H,5-15H2,1-4H3,(H,19,20). The summed E-state index contributed by atoms with van der Waals surface area (Å²) in [4.78, 5) is 9.66. The summed E-state index contributed by atoms with van der Waals surface area (Å²) in [5.41, 5.74) is -0.596. The van der Waals surface area contributed by atoms with Gasteiger partial charge < -0.3 is 15.1 Å². The van der Waals surface area contributed by atoms with Crippen LogP contribution < -0.4 is 10.0 Å². The van der Waals surface area contributed by atoms with Crippen molar-refractivity contribution in [3.05, 3.63) is 0 Å². The van der Waals surface area contributed by atoms with Gasteiger partial charge >= 0.3 is 0 Å². The summed E-state index contributed by atoms with van der Waals surface area (Å²) in [7, 11) is -3.24. The summed E-state index contributed by atoms with van der Waals surface area (Å²) in [6, 6.07) is 0. The molecule has 8 heteroatoms. The van der Waals surface area contributed by atoms with E-state index in [-0.39, 0.29) is 0 Å². The third-order valence-corrected chi connectivity index (χ3v) is 5.89. The van der Waals surface area contributed by atoms with Gasteiger partial charge in [0.05, 0.1) is 12.8 Å². The third-order valence-electron chi connectivity index (χ3n) is 4.97. The molecule has 0 aliphatic carbocycles. The molecule has 2 aliphatic heterocycles. The third kappa shape index (κ3) is 7.40. The Labute approximate surface area is 159 Å². The molecule has 2 aliphatic rings. The van der Waals surface area contributed by atoms with Gasteiger partial charge in [0.1, 0.15) is 0 Å². The summed E-state index contributed by atoms with van der Waals surface area (Å²) < 4.78 is 25.7. The van der Waals surface area contributed by atoms with Gasteiger partial charge in [-0.05, 0) is 59.0 Å². The van der Waals surface area contributed by atoms with E-state index >= 15 is 0 Å². The molecule has 2 N–H and O–H groups in total. The molecule has 0 bridgehead atoms. The molecule has 2 fully saturated rings. The highest BCUT2D eigenvalue weighted by atomic mass is 32.2. The van der Waals surface area contributed by atoms with Crippen molar-refractivity contribution in [1.82, 2.24) is 19.8 Å². The molecule has 26 heavy (non-hydrogen) atoms. The molecule has 2 rings (SSSR count). The second-order valence-corrected chi connectivity index (χ2v) is 10.1. The first-order valence-electron chi connectivity index (χ1n) is 9.93. The van der Waals surface area contributed by atoms with Crippen molar-refractivity contribution < 1.29 is 8.42 Å². The van der Waals surface area contributed by atoms with Crippen LogP contribution in [0.3, 0.4) is 0 Å². The van der Waals surface area contributed by atoms with Crippen LogP contribution in [0.1, 0.15) is 46.5 Å². The van der Waals surface area contributed by atoms with Gasteiger partial charge in [0.2, 0.25) is 10.0 Å². The number of rotatable bonds is 7. The topological polar surface area (TPSA) is 77.0 Å². The zero-order chi connectivity index (χ0) is 19.2. The summed E-state index contributed by atoms with van der Waals surface area (Å²) in [5.74, 6) is 1.59. The van der Waals surface area contributed by atoms with E-state index < -0.39 is 15.6 Å². The van der Waals surface area contributed by atoms with E-state index in [4.69, 9.17) is 4.99 Å². The quantitative estimate of drug-likeness (QED) is 0.505. The smallest absolute Gasteiger partial charge is 0.209 e. The minimum atomic E-state index is -3.24. The lowest BCUT2D eigenvalue weighted by Crippen LogP contribution is -2.47. The number of hydrogen-bond donors (Lipinski definition) is 2. The summed E-state index contributed by atoms with van der Waals surface area (Å²) in [6.07, 6.45) is 6.44. The molecule has 1 unspecified atom stereocenters. The van der Waals surface area contributed by atoms with Gasteiger partial charge in [-0.3, -0.25) is 4.99 Å². The van der Waals surface area contributed by atoms with Crippen LogP contribution in [0.15, 0.2) is 4.99 Å². The van der Waals surface area contributed by atoms with Gasteiger partial charge in [-0.1, -0.05) is 6.42 Å². The van der Waals surface area contributed by atoms with Crippen molar-refractivity contribution in [3.63, 3.8) is 0 Å². The monoisotopic (exact) mass is 387 g/mol. The van der Waals surface area contributed by atoms with Crippen LogP contribution in [-0.2, 0) is 10.0 Å². The van der Waals surface area contributed by atoms with Crippen molar-refractivity contribution in [3.8, 4) is 0 Å². The number of nitrogens with one attached hydrogen (secondary N) is 2. The van der Waals surface area contributed by atoms with Gasteiger partial charge in [-0.25, -0.2) is 13.1 Å². The van der Waals surface area contributed by atoms with E-state index in [1.165, 1.54) is 51.6 Å². The lowest BCUT2D eigenvalue weighted by atomic mass is 10.1. The average molecular weight is 388 g/mol. The van der Waals surface area contributed by atoms with Crippen LogP contribution >= 0.6 is 0 Å². The maximum absolute atomic E-state index is 11.5. The van der Waals surface area contributed by atoms with Crippen molar-refractivity contribution >= 4 is 16.0 Å². The fourth-order valence-electron chi connectivity index (χ4n) is 3.91. The number of aliphatic imine (C=N–C) groups is 1. The van der Waals surface area contributed by atoms with E-state index in [2.05, 4.69) is 26.8 Å². The zero-order valence-corrected chi connectivity index (χ0v) is 17.7. The Morgan fingerprint density at radius 3 is 2.50 bits per heavy atom. The molecule has 0 radical (unpaired) electrons. The van der Waals surface area contributed by atoms with Gasteiger partial charge in [0.15, 0.2) is 5.96 Å². The zero-order valence-electron chi connectivity index (χ0n) is 16.9. The van der Waals surface area contributed by atoms with E-state index in [0.717, 1.165) is 25.6 Å². The number of likely N-dealkylation sites (tertiary alicyclic amines) is 2. The average Bonchev–Trinajstić information content (AvgIpc) is 2.98. The number of nitrogens with zero attached hydrogens (tertiary/aromatic N) is 3. The molecule has 0 aromatic heterocycles. The molecule has 0 saturated carbocycles.